The third kappa shape index (κ3) is 2.61. The summed E-state index contributed by atoms with van der Waals surface area (Å²) in [6, 6.07) is 0. The van der Waals surface area contributed by atoms with Gasteiger partial charge in [-0.2, -0.15) is 0 Å². The fourth-order valence-corrected chi connectivity index (χ4v) is 10.3. The average Bonchev–Trinajstić information content (AvgIpc) is 3.16. The maximum absolute atomic E-state index is 10.3. The van der Waals surface area contributed by atoms with Crippen LogP contribution in [0.2, 0.25) is 0 Å². The Hall–Kier alpha value is -0.120. The first-order valence-corrected chi connectivity index (χ1v) is 13.3. The van der Waals surface area contributed by atoms with Crippen molar-refractivity contribution in [1.29, 1.82) is 0 Å². The molecule has 3 heteroatoms. The lowest BCUT2D eigenvalue weighted by Gasteiger charge is -2.61. The first kappa shape index (κ1) is 20.5. The summed E-state index contributed by atoms with van der Waals surface area (Å²) in [4.78, 5) is 0. The molecule has 3 nitrogen and oxygen atoms in total. The van der Waals surface area contributed by atoms with Gasteiger partial charge >= 0.3 is 0 Å². The van der Waals surface area contributed by atoms with E-state index in [9.17, 15) is 5.11 Å². The van der Waals surface area contributed by atoms with Crippen molar-refractivity contribution in [2.45, 2.75) is 110 Å². The maximum atomic E-state index is 10.3. The summed E-state index contributed by atoms with van der Waals surface area (Å²) in [5.74, 6) is 4.93. The maximum Gasteiger partial charge on any atom is 0.171 e. The number of fused-ring (bicyclic) bond motifs is 7. The first-order valence-electron chi connectivity index (χ1n) is 13.3. The summed E-state index contributed by atoms with van der Waals surface area (Å²) in [6.45, 7) is 10.9. The third-order valence-electron chi connectivity index (χ3n) is 11.9. The molecule has 1 N–H and O–H groups in total. The molecule has 2 aliphatic heterocycles. The molecular formula is C27H44O3. The van der Waals surface area contributed by atoms with Crippen molar-refractivity contribution in [2.75, 3.05) is 6.61 Å². The fraction of sp³-hybridized carbons (Fsp3) is 1.00. The predicted molar refractivity (Wildman–Crippen MR) is 118 cm³/mol. The van der Waals surface area contributed by atoms with E-state index in [1.165, 1.54) is 44.9 Å². The van der Waals surface area contributed by atoms with Crippen molar-refractivity contribution in [3.63, 3.8) is 0 Å². The zero-order valence-electron chi connectivity index (χ0n) is 19.7. The summed E-state index contributed by atoms with van der Waals surface area (Å²) >= 11 is 0. The Morgan fingerprint density at radius 3 is 2.40 bits per heavy atom. The molecule has 6 rings (SSSR count). The van der Waals surface area contributed by atoms with Crippen molar-refractivity contribution in [3.05, 3.63) is 0 Å². The van der Waals surface area contributed by atoms with E-state index in [1.807, 2.05) is 0 Å². The van der Waals surface area contributed by atoms with Gasteiger partial charge in [0.1, 0.15) is 0 Å². The fourth-order valence-electron chi connectivity index (χ4n) is 10.3. The van der Waals surface area contributed by atoms with Gasteiger partial charge in [0.15, 0.2) is 5.79 Å². The molecule has 1 spiro atoms. The zero-order chi connectivity index (χ0) is 20.9. The molecule has 12 atom stereocenters. The number of rotatable bonds is 0. The average molecular weight is 417 g/mol. The van der Waals surface area contributed by atoms with Crippen LogP contribution in [0.4, 0.5) is 0 Å². The van der Waals surface area contributed by atoms with Gasteiger partial charge in [0.25, 0.3) is 0 Å². The summed E-state index contributed by atoms with van der Waals surface area (Å²) in [6.07, 6.45) is 12.9. The van der Waals surface area contributed by atoms with Crippen LogP contribution in [0.25, 0.3) is 0 Å². The molecule has 0 aromatic heterocycles. The molecule has 30 heavy (non-hydrogen) atoms. The lowest BCUT2D eigenvalue weighted by atomic mass is 9.44. The van der Waals surface area contributed by atoms with Crippen LogP contribution in [0.5, 0.6) is 0 Å². The molecule has 4 saturated carbocycles. The monoisotopic (exact) mass is 416 g/mol. The Bertz CT molecular complexity index is 684. The Morgan fingerprint density at radius 1 is 0.833 bits per heavy atom. The van der Waals surface area contributed by atoms with Crippen molar-refractivity contribution in [3.8, 4) is 0 Å². The SMILES string of the molecule is C[C@H]1CC[C@@]2(OC1)O[C@H]1C[C@H]3C4CC[C@@H]5C[C@@H](O)CC[C@]5(C)C4CC[C@]3(C)C1[C@@H]2C. The van der Waals surface area contributed by atoms with Gasteiger partial charge in [0.2, 0.25) is 0 Å². The molecule has 2 heterocycles. The second-order valence-electron chi connectivity index (χ2n) is 13.1. The molecular weight excluding hydrogens is 372 g/mol. The van der Waals surface area contributed by atoms with E-state index in [0.29, 0.717) is 34.7 Å². The molecule has 3 unspecified atom stereocenters. The van der Waals surface area contributed by atoms with Gasteiger partial charge in [-0.3, -0.25) is 0 Å². The number of aliphatic hydroxyl groups excluding tert-OH is 1. The van der Waals surface area contributed by atoms with E-state index in [0.717, 1.165) is 49.5 Å². The highest BCUT2D eigenvalue weighted by Gasteiger charge is 2.69. The van der Waals surface area contributed by atoms with E-state index in [-0.39, 0.29) is 11.9 Å². The summed E-state index contributed by atoms with van der Waals surface area (Å²) in [5.41, 5.74) is 0.899. The summed E-state index contributed by atoms with van der Waals surface area (Å²) < 4.78 is 13.4. The third-order valence-corrected chi connectivity index (χ3v) is 11.9. The molecule has 0 amide bonds. The Morgan fingerprint density at radius 2 is 1.63 bits per heavy atom. The molecule has 0 aromatic carbocycles. The van der Waals surface area contributed by atoms with Crippen molar-refractivity contribution < 1.29 is 14.6 Å². The Kier molecular flexibility index (Phi) is 4.58. The van der Waals surface area contributed by atoms with Gasteiger partial charge in [-0.1, -0.05) is 27.7 Å². The van der Waals surface area contributed by atoms with Crippen LogP contribution in [0.1, 0.15) is 91.9 Å². The second-order valence-corrected chi connectivity index (χ2v) is 13.1. The van der Waals surface area contributed by atoms with Gasteiger partial charge in [-0.15, -0.1) is 0 Å². The molecule has 4 aliphatic carbocycles. The minimum atomic E-state index is -0.282. The highest BCUT2D eigenvalue weighted by Crippen LogP contribution is 2.71. The van der Waals surface area contributed by atoms with Crippen LogP contribution in [-0.2, 0) is 9.47 Å². The van der Waals surface area contributed by atoms with Gasteiger partial charge in [0, 0.05) is 12.3 Å². The molecule has 0 aromatic rings. The number of hydrogen-bond acceptors (Lipinski definition) is 3. The Balaban J connectivity index is 1.26. The van der Waals surface area contributed by atoms with Crippen LogP contribution in [0, 0.1) is 52.3 Å². The van der Waals surface area contributed by atoms with Crippen molar-refractivity contribution >= 4 is 0 Å². The smallest absolute Gasteiger partial charge is 0.171 e. The largest absolute Gasteiger partial charge is 0.393 e. The molecule has 170 valence electrons. The summed E-state index contributed by atoms with van der Waals surface area (Å²) in [5, 5.41) is 10.3. The topological polar surface area (TPSA) is 38.7 Å². The van der Waals surface area contributed by atoms with Crippen LogP contribution >= 0.6 is 0 Å². The van der Waals surface area contributed by atoms with Crippen LogP contribution in [0.3, 0.4) is 0 Å². The Labute approximate surface area is 183 Å². The molecule has 6 fully saturated rings. The number of aliphatic hydroxyl groups is 1. The lowest BCUT2D eigenvalue weighted by molar-refractivity contribution is -0.273. The molecule has 6 aliphatic rings. The van der Waals surface area contributed by atoms with Gasteiger partial charge in [-0.05, 0) is 104 Å². The van der Waals surface area contributed by atoms with Gasteiger partial charge < -0.3 is 14.6 Å². The van der Waals surface area contributed by atoms with E-state index in [1.54, 1.807) is 0 Å². The minimum Gasteiger partial charge on any atom is -0.393 e. The normalized spacial score (nSPS) is 62.5. The van der Waals surface area contributed by atoms with E-state index in [4.69, 9.17) is 9.47 Å². The summed E-state index contributed by atoms with van der Waals surface area (Å²) in [7, 11) is 0. The van der Waals surface area contributed by atoms with Crippen molar-refractivity contribution in [1.82, 2.24) is 0 Å². The van der Waals surface area contributed by atoms with Crippen LogP contribution in [-0.4, -0.2) is 29.7 Å². The van der Waals surface area contributed by atoms with E-state index < -0.39 is 0 Å². The standard InChI is InChI=1S/C27H44O3/c1-16-7-12-27(29-15-16)17(2)24-23(30-27)14-22-20-6-5-18-13-19(28)8-10-25(18,3)21(20)9-11-26(22,24)4/h16-24,28H,5-15H2,1-4H3/t16-,17-,18+,19-,20?,21?,22-,23-,24?,25-,26-,27+/m0/s1. The number of ether oxygens (including phenoxy) is 2. The highest BCUT2D eigenvalue weighted by atomic mass is 16.7. The van der Waals surface area contributed by atoms with Crippen molar-refractivity contribution in [2.24, 2.45) is 52.3 Å². The zero-order valence-corrected chi connectivity index (χ0v) is 19.7. The minimum absolute atomic E-state index is 0.0389. The first-order chi connectivity index (χ1) is 14.3. The molecule has 0 radical (unpaired) electrons. The molecule has 0 bridgehead atoms. The second kappa shape index (κ2) is 6.70. The van der Waals surface area contributed by atoms with Crippen LogP contribution < -0.4 is 0 Å². The van der Waals surface area contributed by atoms with Crippen LogP contribution in [0.15, 0.2) is 0 Å². The predicted octanol–water partition coefficient (Wildman–Crippen LogP) is 5.79. The van der Waals surface area contributed by atoms with E-state index in [2.05, 4.69) is 27.7 Å². The van der Waals surface area contributed by atoms with Gasteiger partial charge in [-0.25, -0.2) is 0 Å². The lowest BCUT2D eigenvalue weighted by Crippen LogP contribution is -2.55. The quantitative estimate of drug-likeness (QED) is 0.543. The van der Waals surface area contributed by atoms with Gasteiger partial charge in [0.05, 0.1) is 18.8 Å². The molecule has 2 saturated heterocycles. The van der Waals surface area contributed by atoms with E-state index >= 15 is 0 Å². The highest BCUT2D eigenvalue weighted by molar-refractivity contribution is 5.15. The number of hydrogen-bond donors (Lipinski definition) is 1.